The van der Waals surface area contributed by atoms with Gasteiger partial charge in [0.15, 0.2) is 0 Å². The SMILES string of the molecule is CCN1CCCCC(N)C1c1cccc(Cl)c1Cl. The maximum absolute atomic E-state index is 6.35. The van der Waals surface area contributed by atoms with E-state index in [-0.39, 0.29) is 12.1 Å². The summed E-state index contributed by atoms with van der Waals surface area (Å²) in [6.07, 6.45) is 3.44. The maximum atomic E-state index is 6.35. The molecule has 0 bridgehead atoms. The van der Waals surface area contributed by atoms with Crippen molar-refractivity contribution in [1.82, 2.24) is 4.90 Å². The van der Waals surface area contributed by atoms with Crippen molar-refractivity contribution in [3.05, 3.63) is 33.8 Å². The third-order valence-corrected chi connectivity index (χ3v) is 4.57. The van der Waals surface area contributed by atoms with E-state index in [1.54, 1.807) is 0 Å². The number of nitrogens with zero attached hydrogens (tertiary/aromatic N) is 1. The number of likely N-dealkylation sites (N-methyl/N-ethyl adjacent to an activating group) is 1. The minimum atomic E-state index is 0.128. The van der Waals surface area contributed by atoms with E-state index in [1.807, 2.05) is 18.2 Å². The van der Waals surface area contributed by atoms with Crippen molar-refractivity contribution in [3.8, 4) is 0 Å². The maximum Gasteiger partial charge on any atom is 0.0640 e. The third-order valence-electron chi connectivity index (χ3n) is 3.74. The fourth-order valence-electron chi connectivity index (χ4n) is 2.79. The number of hydrogen-bond donors (Lipinski definition) is 1. The quantitative estimate of drug-likeness (QED) is 0.894. The second-order valence-electron chi connectivity index (χ2n) is 4.88. The first-order chi connectivity index (χ1) is 8.65. The second kappa shape index (κ2) is 6.25. The van der Waals surface area contributed by atoms with Crippen molar-refractivity contribution in [3.63, 3.8) is 0 Å². The lowest BCUT2D eigenvalue weighted by molar-refractivity contribution is 0.195. The predicted octanol–water partition coefficient (Wildman–Crippen LogP) is 3.87. The largest absolute Gasteiger partial charge is 0.326 e. The lowest BCUT2D eigenvalue weighted by atomic mass is 9.96. The molecule has 0 saturated carbocycles. The molecule has 4 heteroatoms. The van der Waals surface area contributed by atoms with Gasteiger partial charge in [-0.25, -0.2) is 0 Å². The van der Waals surface area contributed by atoms with Gasteiger partial charge >= 0.3 is 0 Å². The van der Waals surface area contributed by atoms with Crippen LogP contribution in [0.5, 0.6) is 0 Å². The summed E-state index contributed by atoms with van der Waals surface area (Å²) in [5, 5.41) is 1.27. The molecule has 1 aromatic carbocycles. The van der Waals surface area contributed by atoms with E-state index in [1.165, 1.54) is 12.8 Å². The Hall–Kier alpha value is -0.280. The Morgan fingerprint density at radius 2 is 2.11 bits per heavy atom. The molecule has 18 heavy (non-hydrogen) atoms. The molecule has 0 aliphatic carbocycles. The van der Waals surface area contributed by atoms with Crippen LogP contribution in [0.3, 0.4) is 0 Å². The highest BCUT2D eigenvalue weighted by Crippen LogP contribution is 2.36. The predicted molar refractivity (Wildman–Crippen MR) is 78.3 cm³/mol. The van der Waals surface area contributed by atoms with Gasteiger partial charge in [0.25, 0.3) is 0 Å². The summed E-state index contributed by atoms with van der Waals surface area (Å²) in [7, 11) is 0. The minimum absolute atomic E-state index is 0.128. The third kappa shape index (κ3) is 2.83. The van der Waals surface area contributed by atoms with Crippen LogP contribution in [-0.2, 0) is 0 Å². The fraction of sp³-hybridized carbons (Fsp3) is 0.571. The zero-order chi connectivity index (χ0) is 13.1. The van der Waals surface area contributed by atoms with Crippen molar-refractivity contribution >= 4 is 23.2 Å². The molecule has 1 aliphatic rings. The Bertz CT molecular complexity index is 409. The first-order valence-electron chi connectivity index (χ1n) is 6.58. The van der Waals surface area contributed by atoms with Gasteiger partial charge in [-0.15, -0.1) is 0 Å². The van der Waals surface area contributed by atoms with Crippen molar-refractivity contribution in [1.29, 1.82) is 0 Å². The van der Waals surface area contributed by atoms with Crippen molar-refractivity contribution in [2.45, 2.75) is 38.3 Å². The Morgan fingerprint density at radius 3 is 2.83 bits per heavy atom. The van der Waals surface area contributed by atoms with Crippen LogP contribution in [0.2, 0.25) is 10.0 Å². The van der Waals surface area contributed by atoms with E-state index in [9.17, 15) is 0 Å². The summed E-state index contributed by atoms with van der Waals surface area (Å²) < 4.78 is 0. The Balaban J connectivity index is 2.39. The molecule has 1 aromatic rings. The number of likely N-dealkylation sites (tertiary alicyclic amines) is 1. The van der Waals surface area contributed by atoms with E-state index in [0.717, 1.165) is 25.1 Å². The van der Waals surface area contributed by atoms with Gasteiger partial charge in [0.2, 0.25) is 0 Å². The second-order valence-corrected chi connectivity index (χ2v) is 5.66. The van der Waals surface area contributed by atoms with E-state index in [2.05, 4.69) is 11.8 Å². The minimum Gasteiger partial charge on any atom is -0.326 e. The molecule has 1 heterocycles. The van der Waals surface area contributed by atoms with Gasteiger partial charge in [-0.3, -0.25) is 4.90 Å². The molecule has 0 radical (unpaired) electrons. The van der Waals surface area contributed by atoms with E-state index < -0.39 is 0 Å². The molecule has 2 N–H and O–H groups in total. The van der Waals surface area contributed by atoms with Crippen LogP contribution in [0.1, 0.15) is 37.8 Å². The summed E-state index contributed by atoms with van der Waals surface area (Å²) in [6, 6.07) is 6.14. The number of benzene rings is 1. The van der Waals surface area contributed by atoms with Gasteiger partial charge in [0.1, 0.15) is 0 Å². The molecule has 2 rings (SSSR count). The van der Waals surface area contributed by atoms with Crippen molar-refractivity contribution in [2.24, 2.45) is 5.73 Å². The van der Waals surface area contributed by atoms with Crippen LogP contribution in [0.4, 0.5) is 0 Å². The van der Waals surface area contributed by atoms with Gasteiger partial charge in [-0.2, -0.15) is 0 Å². The molecule has 1 aliphatic heterocycles. The number of halogens is 2. The van der Waals surface area contributed by atoms with E-state index >= 15 is 0 Å². The molecule has 1 fully saturated rings. The van der Waals surface area contributed by atoms with Gasteiger partial charge < -0.3 is 5.73 Å². The summed E-state index contributed by atoms with van der Waals surface area (Å²) in [5.41, 5.74) is 7.42. The van der Waals surface area contributed by atoms with Gasteiger partial charge in [0.05, 0.1) is 16.1 Å². The van der Waals surface area contributed by atoms with Crippen LogP contribution >= 0.6 is 23.2 Å². The molecular formula is C14H20Cl2N2. The topological polar surface area (TPSA) is 29.3 Å². The smallest absolute Gasteiger partial charge is 0.0640 e. The van der Waals surface area contributed by atoms with E-state index in [4.69, 9.17) is 28.9 Å². The lowest BCUT2D eigenvalue weighted by Crippen LogP contribution is -2.39. The molecule has 100 valence electrons. The fourth-order valence-corrected chi connectivity index (χ4v) is 3.21. The molecule has 1 saturated heterocycles. The molecule has 2 nitrogen and oxygen atoms in total. The summed E-state index contributed by atoms with van der Waals surface area (Å²) in [6.45, 7) is 4.24. The first kappa shape index (κ1) is 14.1. The van der Waals surface area contributed by atoms with Gasteiger partial charge in [0, 0.05) is 6.04 Å². The normalized spacial score (nSPS) is 26.0. The summed E-state index contributed by atoms with van der Waals surface area (Å²) in [5.74, 6) is 0. The highest BCUT2D eigenvalue weighted by atomic mass is 35.5. The monoisotopic (exact) mass is 286 g/mol. The Kier molecular flexibility index (Phi) is 4.91. The molecule has 0 amide bonds. The van der Waals surface area contributed by atoms with Gasteiger partial charge in [-0.1, -0.05) is 48.7 Å². The summed E-state index contributed by atoms with van der Waals surface area (Å²) >= 11 is 12.5. The first-order valence-corrected chi connectivity index (χ1v) is 7.34. The van der Waals surface area contributed by atoms with E-state index in [0.29, 0.717) is 10.0 Å². The lowest BCUT2D eigenvalue weighted by Gasteiger charge is -2.33. The van der Waals surface area contributed by atoms with Crippen molar-refractivity contribution < 1.29 is 0 Å². The molecule has 0 spiro atoms. The van der Waals surface area contributed by atoms with Gasteiger partial charge in [-0.05, 0) is 37.6 Å². The van der Waals surface area contributed by atoms with Crippen LogP contribution in [0.15, 0.2) is 18.2 Å². The number of hydrogen-bond acceptors (Lipinski definition) is 2. The van der Waals surface area contributed by atoms with Crippen LogP contribution in [-0.4, -0.2) is 24.0 Å². The highest BCUT2D eigenvalue weighted by Gasteiger charge is 2.29. The average Bonchev–Trinajstić information content (AvgIpc) is 2.54. The Labute approximate surface area is 119 Å². The molecule has 2 unspecified atom stereocenters. The number of rotatable bonds is 2. The average molecular weight is 287 g/mol. The molecule has 2 atom stereocenters. The standard InChI is InChI=1S/C14H20Cl2N2/c1-2-18-9-4-3-8-12(17)14(18)10-6-5-7-11(15)13(10)16/h5-7,12,14H,2-4,8-9,17H2,1H3. The zero-order valence-electron chi connectivity index (χ0n) is 10.7. The van der Waals surface area contributed by atoms with Crippen LogP contribution in [0, 0.1) is 0 Å². The highest BCUT2D eigenvalue weighted by molar-refractivity contribution is 6.42. The molecular weight excluding hydrogens is 267 g/mol. The zero-order valence-corrected chi connectivity index (χ0v) is 12.2. The van der Waals surface area contributed by atoms with Crippen molar-refractivity contribution in [2.75, 3.05) is 13.1 Å². The van der Waals surface area contributed by atoms with Crippen LogP contribution < -0.4 is 5.73 Å². The number of nitrogens with two attached hydrogens (primary N) is 1. The van der Waals surface area contributed by atoms with Crippen LogP contribution in [0.25, 0.3) is 0 Å². The molecule has 0 aromatic heterocycles. The summed E-state index contributed by atoms with van der Waals surface area (Å²) in [4.78, 5) is 2.41. The Morgan fingerprint density at radius 1 is 1.33 bits per heavy atom.